The van der Waals surface area contributed by atoms with Crippen LogP contribution in [0.25, 0.3) is 0 Å². The first-order valence-electron chi connectivity index (χ1n) is 7.19. The molecule has 0 unspecified atom stereocenters. The molecule has 0 aromatic carbocycles. The third kappa shape index (κ3) is 4.22. The third-order valence-corrected chi connectivity index (χ3v) is 3.24. The van der Waals surface area contributed by atoms with Gasteiger partial charge in [-0.1, -0.05) is 26.2 Å². The van der Waals surface area contributed by atoms with E-state index in [0.29, 0.717) is 18.6 Å². The first kappa shape index (κ1) is 13.8. The van der Waals surface area contributed by atoms with Crippen LogP contribution in [0.3, 0.4) is 0 Å². The fourth-order valence-corrected chi connectivity index (χ4v) is 2.18. The molecule has 0 saturated carbocycles. The van der Waals surface area contributed by atoms with Crippen LogP contribution in [0.4, 0.5) is 11.9 Å². The second-order valence-corrected chi connectivity index (χ2v) is 4.88. The van der Waals surface area contributed by atoms with Crippen molar-refractivity contribution in [1.29, 1.82) is 0 Å². The lowest BCUT2D eigenvalue weighted by Gasteiger charge is -2.15. The molecule has 1 fully saturated rings. The largest absolute Gasteiger partial charge is 0.463 e. The Kier molecular flexibility index (Phi) is 5.18. The molecule has 6 heteroatoms. The number of hydrogen-bond acceptors (Lipinski definition) is 6. The fraction of sp³-hybridized carbons (Fsp3) is 0.769. The van der Waals surface area contributed by atoms with Gasteiger partial charge in [0.1, 0.15) is 0 Å². The third-order valence-electron chi connectivity index (χ3n) is 3.24. The molecule has 0 spiro atoms. The monoisotopic (exact) mass is 265 g/mol. The standard InChI is InChI=1S/C13H23N5O/c1-2-3-4-7-10-19-13-16-11(14)15-12(17-13)18-8-5-6-9-18/h2-10H2,1H3,(H2,14,15,16,17). The Balaban J connectivity index is 1.89. The second kappa shape index (κ2) is 7.11. The van der Waals surface area contributed by atoms with E-state index in [1.54, 1.807) is 0 Å². The van der Waals surface area contributed by atoms with Crippen LogP contribution < -0.4 is 15.4 Å². The molecular formula is C13H23N5O. The van der Waals surface area contributed by atoms with E-state index in [0.717, 1.165) is 19.5 Å². The molecule has 0 atom stereocenters. The number of rotatable bonds is 7. The molecule has 1 aliphatic heterocycles. The molecule has 19 heavy (non-hydrogen) atoms. The molecule has 2 rings (SSSR count). The highest BCUT2D eigenvalue weighted by molar-refractivity contribution is 5.36. The van der Waals surface area contributed by atoms with E-state index in [9.17, 15) is 0 Å². The second-order valence-electron chi connectivity index (χ2n) is 4.88. The van der Waals surface area contributed by atoms with Gasteiger partial charge in [0.05, 0.1) is 6.61 Å². The lowest BCUT2D eigenvalue weighted by atomic mass is 10.2. The summed E-state index contributed by atoms with van der Waals surface area (Å²) in [5, 5.41) is 0. The van der Waals surface area contributed by atoms with Gasteiger partial charge in [0, 0.05) is 13.1 Å². The smallest absolute Gasteiger partial charge is 0.323 e. The molecule has 0 amide bonds. The number of aromatic nitrogens is 3. The molecule has 2 heterocycles. The van der Waals surface area contributed by atoms with Crippen molar-refractivity contribution >= 4 is 11.9 Å². The fourth-order valence-electron chi connectivity index (χ4n) is 2.18. The average molecular weight is 265 g/mol. The lowest BCUT2D eigenvalue weighted by molar-refractivity contribution is 0.281. The summed E-state index contributed by atoms with van der Waals surface area (Å²) in [6.45, 7) is 4.80. The van der Waals surface area contributed by atoms with E-state index in [1.165, 1.54) is 32.1 Å². The van der Waals surface area contributed by atoms with Gasteiger partial charge in [-0.15, -0.1) is 0 Å². The van der Waals surface area contributed by atoms with Crippen molar-refractivity contribution in [3.05, 3.63) is 0 Å². The maximum absolute atomic E-state index is 5.71. The zero-order valence-electron chi connectivity index (χ0n) is 11.6. The van der Waals surface area contributed by atoms with Crippen molar-refractivity contribution in [2.24, 2.45) is 0 Å². The van der Waals surface area contributed by atoms with Crippen LogP contribution in [0.2, 0.25) is 0 Å². The maximum Gasteiger partial charge on any atom is 0.323 e. The Bertz CT molecular complexity index is 393. The number of hydrogen-bond donors (Lipinski definition) is 1. The molecule has 2 N–H and O–H groups in total. The minimum Gasteiger partial charge on any atom is -0.463 e. The minimum atomic E-state index is 0.237. The lowest BCUT2D eigenvalue weighted by Crippen LogP contribution is -2.21. The van der Waals surface area contributed by atoms with Crippen LogP contribution >= 0.6 is 0 Å². The van der Waals surface area contributed by atoms with Crippen molar-refractivity contribution < 1.29 is 4.74 Å². The summed E-state index contributed by atoms with van der Waals surface area (Å²) in [7, 11) is 0. The number of nitrogens with two attached hydrogens (primary N) is 1. The predicted octanol–water partition coefficient (Wildman–Crippen LogP) is 2.01. The number of ether oxygens (including phenoxy) is 1. The molecule has 6 nitrogen and oxygen atoms in total. The molecule has 1 aromatic rings. The first-order valence-corrected chi connectivity index (χ1v) is 7.19. The van der Waals surface area contributed by atoms with Crippen molar-refractivity contribution in [3.8, 4) is 6.01 Å². The summed E-state index contributed by atoms with van der Waals surface area (Å²) in [4.78, 5) is 14.7. The van der Waals surface area contributed by atoms with Gasteiger partial charge in [-0.05, 0) is 19.3 Å². The summed E-state index contributed by atoms with van der Waals surface area (Å²) in [5.74, 6) is 0.883. The maximum atomic E-state index is 5.71. The molecule has 106 valence electrons. The van der Waals surface area contributed by atoms with Crippen LogP contribution in [0, 0.1) is 0 Å². The minimum absolute atomic E-state index is 0.237. The van der Waals surface area contributed by atoms with Gasteiger partial charge in [-0.25, -0.2) is 0 Å². The number of anilines is 2. The quantitative estimate of drug-likeness (QED) is 0.760. The van der Waals surface area contributed by atoms with Gasteiger partial charge in [-0.3, -0.25) is 0 Å². The van der Waals surface area contributed by atoms with E-state index in [4.69, 9.17) is 10.5 Å². The normalized spacial score (nSPS) is 14.9. The van der Waals surface area contributed by atoms with Gasteiger partial charge < -0.3 is 15.4 Å². The van der Waals surface area contributed by atoms with Crippen LogP contribution in [0.5, 0.6) is 6.01 Å². The van der Waals surface area contributed by atoms with E-state index in [1.807, 2.05) is 0 Å². The molecule has 1 aromatic heterocycles. The predicted molar refractivity (Wildman–Crippen MR) is 75.3 cm³/mol. The highest BCUT2D eigenvalue weighted by Crippen LogP contribution is 2.18. The summed E-state index contributed by atoms with van der Waals surface area (Å²) in [5.41, 5.74) is 5.71. The molecule has 0 aliphatic carbocycles. The summed E-state index contributed by atoms with van der Waals surface area (Å²) in [6, 6.07) is 0.353. The summed E-state index contributed by atoms with van der Waals surface area (Å²) < 4.78 is 5.56. The van der Waals surface area contributed by atoms with Crippen molar-refractivity contribution in [2.75, 3.05) is 30.3 Å². The zero-order valence-corrected chi connectivity index (χ0v) is 11.6. The molecule has 1 saturated heterocycles. The SMILES string of the molecule is CCCCCCOc1nc(N)nc(N2CCCC2)n1. The van der Waals surface area contributed by atoms with E-state index in [2.05, 4.69) is 26.8 Å². The molecular weight excluding hydrogens is 242 g/mol. The van der Waals surface area contributed by atoms with Crippen LogP contribution in [-0.4, -0.2) is 34.6 Å². The van der Waals surface area contributed by atoms with E-state index < -0.39 is 0 Å². The number of unbranched alkanes of at least 4 members (excludes halogenated alkanes) is 3. The van der Waals surface area contributed by atoms with Gasteiger partial charge in [0.2, 0.25) is 11.9 Å². The van der Waals surface area contributed by atoms with Gasteiger partial charge >= 0.3 is 6.01 Å². The van der Waals surface area contributed by atoms with Gasteiger partial charge in [0.15, 0.2) is 0 Å². The number of nitrogen functional groups attached to an aromatic ring is 1. The zero-order chi connectivity index (χ0) is 13.5. The first-order chi connectivity index (χ1) is 9.29. The van der Waals surface area contributed by atoms with Crippen molar-refractivity contribution in [2.45, 2.75) is 45.4 Å². The Hall–Kier alpha value is -1.59. The van der Waals surface area contributed by atoms with Crippen LogP contribution in [0.1, 0.15) is 45.4 Å². The van der Waals surface area contributed by atoms with Crippen LogP contribution in [0.15, 0.2) is 0 Å². The average Bonchev–Trinajstić information content (AvgIpc) is 2.92. The molecule has 1 aliphatic rings. The Morgan fingerprint density at radius 2 is 1.89 bits per heavy atom. The van der Waals surface area contributed by atoms with Gasteiger partial charge in [0.25, 0.3) is 0 Å². The summed E-state index contributed by atoms with van der Waals surface area (Å²) >= 11 is 0. The highest BCUT2D eigenvalue weighted by Gasteiger charge is 2.17. The van der Waals surface area contributed by atoms with Crippen LogP contribution in [-0.2, 0) is 0 Å². The molecule has 0 bridgehead atoms. The Morgan fingerprint density at radius 3 is 2.63 bits per heavy atom. The van der Waals surface area contributed by atoms with E-state index in [-0.39, 0.29) is 5.95 Å². The van der Waals surface area contributed by atoms with E-state index >= 15 is 0 Å². The van der Waals surface area contributed by atoms with Gasteiger partial charge in [-0.2, -0.15) is 15.0 Å². The Morgan fingerprint density at radius 1 is 1.11 bits per heavy atom. The van der Waals surface area contributed by atoms with Crippen molar-refractivity contribution in [1.82, 2.24) is 15.0 Å². The number of nitrogens with zero attached hydrogens (tertiary/aromatic N) is 4. The summed E-state index contributed by atoms with van der Waals surface area (Å²) in [6.07, 6.45) is 7.02. The Labute approximate surface area is 114 Å². The van der Waals surface area contributed by atoms with Crippen molar-refractivity contribution in [3.63, 3.8) is 0 Å². The molecule has 0 radical (unpaired) electrons. The highest BCUT2D eigenvalue weighted by atomic mass is 16.5. The topological polar surface area (TPSA) is 77.2 Å².